The van der Waals surface area contributed by atoms with Crippen LogP contribution in [0.1, 0.15) is 29.6 Å². The lowest BCUT2D eigenvalue weighted by Gasteiger charge is -2.23. The van der Waals surface area contributed by atoms with Gasteiger partial charge in [0.15, 0.2) is 0 Å². The van der Waals surface area contributed by atoms with Crippen LogP contribution in [-0.4, -0.2) is 32.0 Å². The summed E-state index contributed by atoms with van der Waals surface area (Å²) in [4.78, 5) is 25.2. The minimum absolute atomic E-state index is 0. The Kier molecular flexibility index (Phi) is 6.63. The van der Waals surface area contributed by atoms with Crippen LogP contribution in [0.15, 0.2) is 42.5 Å². The van der Waals surface area contributed by atoms with Crippen molar-refractivity contribution < 1.29 is 18.7 Å². The summed E-state index contributed by atoms with van der Waals surface area (Å²) >= 11 is 0. The SMILES string of the molecule is COc1ccc(NC(=O)C2CC23CCNCC3)cc1NC(=O)c1cccc(F)c1.Cl. The number of nitrogens with one attached hydrogen (secondary N) is 3. The van der Waals surface area contributed by atoms with Gasteiger partial charge < -0.3 is 20.7 Å². The number of anilines is 2. The van der Waals surface area contributed by atoms with Gasteiger partial charge in [-0.1, -0.05) is 6.07 Å². The molecule has 1 saturated heterocycles. The van der Waals surface area contributed by atoms with Crippen LogP contribution < -0.4 is 20.7 Å². The van der Waals surface area contributed by atoms with Crippen LogP contribution in [0.4, 0.5) is 15.8 Å². The number of piperidine rings is 1. The van der Waals surface area contributed by atoms with Gasteiger partial charge in [-0.25, -0.2) is 4.39 Å². The van der Waals surface area contributed by atoms with Crippen LogP contribution in [0.2, 0.25) is 0 Å². The Morgan fingerprint density at radius 3 is 2.60 bits per heavy atom. The highest BCUT2D eigenvalue weighted by atomic mass is 35.5. The number of hydrogen-bond acceptors (Lipinski definition) is 4. The minimum Gasteiger partial charge on any atom is -0.495 e. The van der Waals surface area contributed by atoms with E-state index in [0.717, 1.165) is 32.4 Å². The van der Waals surface area contributed by atoms with E-state index in [2.05, 4.69) is 16.0 Å². The molecule has 2 aromatic rings. The van der Waals surface area contributed by atoms with E-state index in [9.17, 15) is 14.0 Å². The Labute approximate surface area is 181 Å². The van der Waals surface area contributed by atoms with Crippen molar-refractivity contribution in [3.8, 4) is 5.75 Å². The maximum absolute atomic E-state index is 13.4. The molecule has 1 aliphatic heterocycles. The molecule has 2 aliphatic rings. The second-order valence-corrected chi connectivity index (χ2v) is 7.74. The van der Waals surface area contributed by atoms with Gasteiger partial charge in [0.1, 0.15) is 11.6 Å². The highest BCUT2D eigenvalue weighted by Crippen LogP contribution is 2.58. The Balaban J connectivity index is 0.00000256. The average Bonchev–Trinajstić information content (AvgIpc) is 3.41. The summed E-state index contributed by atoms with van der Waals surface area (Å²) in [6, 6.07) is 10.5. The van der Waals surface area contributed by atoms with E-state index < -0.39 is 11.7 Å². The fourth-order valence-electron chi connectivity index (χ4n) is 4.13. The van der Waals surface area contributed by atoms with Crippen molar-refractivity contribution in [3.05, 3.63) is 53.8 Å². The molecule has 6 nitrogen and oxygen atoms in total. The molecule has 0 bridgehead atoms. The van der Waals surface area contributed by atoms with Crippen molar-refractivity contribution in [2.45, 2.75) is 19.3 Å². The van der Waals surface area contributed by atoms with Gasteiger partial charge in [0.05, 0.1) is 12.8 Å². The molecule has 1 aliphatic carbocycles. The maximum atomic E-state index is 13.4. The van der Waals surface area contributed by atoms with Crippen LogP contribution in [0, 0.1) is 17.2 Å². The van der Waals surface area contributed by atoms with Crippen molar-refractivity contribution in [3.63, 3.8) is 0 Å². The zero-order chi connectivity index (χ0) is 20.4. The topological polar surface area (TPSA) is 79.5 Å². The molecular weight excluding hydrogens is 409 g/mol. The third-order valence-corrected chi connectivity index (χ3v) is 5.91. The third kappa shape index (κ3) is 4.57. The van der Waals surface area contributed by atoms with Gasteiger partial charge in [-0.15, -0.1) is 12.4 Å². The molecule has 1 atom stereocenters. The molecule has 0 radical (unpaired) electrons. The summed E-state index contributed by atoms with van der Waals surface area (Å²) in [6.07, 6.45) is 2.99. The molecule has 8 heteroatoms. The fraction of sp³-hybridized carbons (Fsp3) is 0.364. The Bertz CT molecular complexity index is 947. The average molecular weight is 434 g/mol. The largest absolute Gasteiger partial charge is 0.495 e. The van der Waals surface area contributed by atoms with Gasteiger partial charge in [0, 0.05) is 17.2 Å². The Hall–Kier alpha value is -2.64. The number of hydrogen-bond donors (Lipinski definition) is 3. The summed E-state index contributed by atoms with van der Waals surface area (Å²) < 4.78 is 18.7. The quantitative estimate of drug-likeness (QED) is 0.669. The van der Waals surface area contributed by atoms with Gasteiger partial charge in [0.2, 0.25) is 5.91 Å². The second-order valence-electron chi connectivity index (χ2n) is 7.74. The molecule has 2 amide bonds. The number of rotatable bonds is 5. The van der Waals surface area contributed by atoms with Crippen LogP contribution in [0.5, 0.6) is 5.75 Å². The van der Waals surface area contributed by atoms with E-state index in [1.807, 2.05) is 0 Å². The Morgan fingerprint density at radius 2 is 1.90 bits per heavy atom. The molecule has 2 aromatic carbocycles. The monoisotopic (exact) mass is 433 g/mol. The lowest BCUT2D eigenvalue weighted by Crippen LogP contribution is -2.31. The fourth-order valence-corrected chi connectivity index (χ4v) is 4.13. The summed E-state index contributed by atoms with van der Waals surface area (Å²) in [7, 11) is 1.50. The number of methoxy groups -OCH3 is 1. The highest BCUT2D eigenvalue weighted by Gasteiger charge is 2.57. The molecule has 1 heterocycles. The zero-order valence-corrected chi connectivity index (χ0v) is 17.5. The maximum Gasteiger partial charge on any atom is 0.255 e. The van der Waals surface area contributed by atoms with Crippen LogP contribution >= 0.6 is 12.4 Å². The smallest absolute Gasteiger partial charge is 0.255 e. The molecular formula is C22H25ClFN3O3. The van der Waals surface area contributed by atoms with E-state index >= 15 is 0 Å². The van der Waals surface area contributed by atoms with Gasteiger partial charge in [-0.2, -0.15) is 0 Å². The van der Waals surface area contributed by atoms with E-state index in [-0.39, 0.29) is 35.2 Å². The van der Waals surface area contributed by atoms with E-state index in [1.54, 1.807) is 18.2 Å². The molecule has 4 rings (SSSR count). The third-order valence-electron chi connectivity index (χ3n) is 5.91. The van der Waals surface area contributed by atoms with Crippen molar-refractivity contribution in [2.24, 2.45) is 11.3 Å². The van der Waals surface area contributed by atoms with Gasteiger partial charge in [-0.05, 0) is 74.2 Å². The number of halogens is 2. The predicted molar refractivity (Wildman–Crippen MR) is 116 cm³/mol. The van der Waals surface area contributed by atoms with Gasteiger partial charge in [0.25, 0.3) is 5.91 Å². The van der Waals surface area contributed by atoms with E-state index in [0.29, 0.717) is 17.1 Å². The number of benzene rings is 2. The van der Waals surface area contributed by atoms with Gasteiger partial charge >= 0.3 is 0 Å². The first-order chi connectivity index (χ1) is 14.0. The molecule has 1 saturated carbocycles. The molecule has 0 aromatic heterocycles. The summed E-state index contributed by atoms with van der Waals surface area (Å²) in [5, 5.41) is 9.03. The van der Waals surface area contributed by atoms with E-state index in [4.69, 9.17) is 4.74 Å². The van der Waals surface area contributed by atoms with Crippen LogP contribution in [-0.2, 0) is 4.79 Å². The van der Waals surface area contributed by atoms with Crippen molar-refractivity contribution in [2.75, 3.05) is 30.8 Å². The highest BCUT2D eigenvalue weighted by molar-refractivity contribution is 6.05. The second kappa shape index (κ2) is 9.02. The molecule has 30 heavy (non-hydrogen) atoms. The minimum atomic E-state index is -0.484. The number of carbonyl (C=O) groups excluding carboxylic acids is 2. The summed E-state index contributed by atoms with van der Waals surface area (Å²) in [6.45, 7) is 1.92. The Morgan fingerprint density at radius 1 is 1.13 bits per heavy atom. The molecule has 3 N–H and O–H groups in total. The molecule has 160 valence electrons. The standard InChI is InChI=1S/C22H24FN3O3.ClH/c1-29-19-6-5-16(25-21(28)17-13-22(17)7-9-24-10-8-22)12-18(19)26-20(27)14-3-2-4-15(23)11-14;/h2-6,11-12,17,24H,7-10,13H2,1H3,(H,25,28)(H,26,27);1H. The molecule has 2 fully saturated rings. The lowest BCUT2D eigenvalue weighted by atomic mass is 9.92. The predicted octanol–water partition coefficient (Wildman–Crippen LogP) is 3.84. The number of ether oxygens (including phenoxy) is 1. The normalized spacial score (nSPS) is 18.8. The lowest BCUT2D eigenvalue weighted by molar-refractivity contribution is -0.118. The first-order valence-electron chi connectivity index (χ1n) is 9.77. The molecule has 1 spiro atoms. The first-order valence-corrected chi connectivity index (χ1v) is 9.77. The summed E-state index contributed by atoms with van der Waals surface area (Å²) in [5.74, 6) is -0.436. The van der Waals surface area contributed by atoms with E-state index in [1.165, 1.54) is 31.4 Å². The van der Waals surface area contributed by atoms with Crippen LogP contribution in [0.3, 0.4) is 0 Å². The van der Waals surface area contributed by atoms with Crippen LogP contribution in [0.25, 0.3) is 0 Å². The van der Waals surface area contributed by atoms with Crippen molar-refractivity contribution in [1.29, 1.82) is 0 Å². The number of carbonyl (C=O) groups is 2. The zero-order valence-electron chi connectivity index (χ0n) is 16.7. The first kappa shape index (κ1) is 22.1. The van der Waals surface area contributed by atoms with Crippen molar-refractivity contribution in [1.82, 2.24) is 5.32 Å². The molecule has 1 unspecified atom stereocenters. The summed E-state index contributed by atoms with van der Waals surface area (Å²) in [5.41, 5.74) is 1.34. The number of amides is 2. The van der Waals surface area contributed by atoms with Gasteiger partial charge in [-0.3, -0.25) is 9.59 Å². The van der Waals surface area contributed by atoms with Crippen molar-refractivity contribution >= 4 is 35.6 Å².